The van der Waals surface area contributed by atoms with E-state index in [4.69, 9.17) is 9.47 Å². The van der Waals surface area contributed by atoms with E-state index < -0.39 is 22.8 Å². The summed E-state index contributed by atoms with van der Waals surface area (Å²) in [7, 11) is 1.67. The van der Waals surface area contributed by atoms with Crippen molar-refractivity contribution < 1.29 is 24.0 Å². The molecule has 1 aliphatic heterocycles. The van der Waals surface area contributed by atoms with Crippen molar-refractivity contribution in [1.29, 1.82) is 0 Å². The molecule has 8 nitrogen and oxygen atoms in total. The first-order valence-electron chi connectivity index (χ1n) is 8.54. The Morgan fingerprint density at radius 1 is 1.11 bits per heavy atom. The summed E-state index contributed by atoms with van der Waals surface area (Å²) >= 11 is 0. The first kappa shape index (κ1) is 20.2. The maximum absolute atomic E-state index is 12.5. The molecule has 2 rings (SSSR count). The molecule has 0 spiro atoms. The van der Waals surface area contributed by atoms with E-state index >= 15 is 0 Å². The molecule has 0 atom stereocenters. The predicted molar refractivity (Wildman–Crippen MR) is 97.8 cm³/mol. The van der Waals surface area contributed by atoms with E-state index in [9.17, 15) is 19.7 Å². The van der Waals surface area contributed by atoms with E-state index in [0.29, 0.717) is 11.1 Å². The molecule has 0 saturated carbocycles. The number of rotatable bonds is 6. The molecule has 8 heteroatoms. The second-order valence-electron chi connectivity index (χ2n) is 6.01. The molecule has 0 bridgehead atoms. The van der Waals surface area contributed by atoms with Crippen molar-refractivity contribution in [1.82, 2.24) is 4.90 Å². The highest BCUT2D eigenvalue weighted by molar-refractivity contribution is 5.98. The van der Waals surface area contributed by atoms with Gasteiger partial charge < -0.3 is 14.4 Å². The molecular weight excluding hydrogens is 352 g/mol. The van der Waals surface area contributed by atoms with Gasteiger partial charge in [-0.25, -0.2) is 9.59 Å². The minimum atomic E-state index is -0.821. The van der Waals surface area contributed by atoms with Crippen molar-refractivity contribution in [3.63, 3.8) is 0 Å². The molecule has 0 unspecified atom stereocenters. The van der Waals surface area contributed by atoms with Gasteiger partial charge in [-0.2, -0.15) is 0 Å². The van der Waals surface area contributed by atoms with Crippen LogP contribution < -0.4 is 0 Å². The summed E-state index contributed by atoms with van der Waals surface area (Å²) in [5.41, 5.74) is 1.27. The van der Waals surface area contributed by atoms with E-state index in [1.165, 1.54) is 6.07 Å². The Morgan fingerprint density at radius 3 is 2.07 bits per heavy atom. The summed E-state index contributed by atoms with van der Waals surface area (Å²) in [4.78, 5) is 37.4. The molecule has 0 radical (unpaired) electrons. The van der Waals surface area contributed by atoms with Crippen LogP contribution in [0.3, 0.4) is 0 Å². The summed E-state index contributed by atoms with van der Waals surface area (Å²) in [5.74, 6) is -2.00. The van der Waals surface area contributed by atoms with E-state index in [1.807, 2.05) is 0 Å². The van der Waals surface area contributed by atoms with Crippen LogP contribution in [0.5, 0.6) is 0 Å². The van der Waals surface area contributed by atoms with Crippen molar-refractivity contribution >= 4 is 17.6 Å². The van der Waals surface area contributed by atoms with Gasteiger partial charge in [-0.05, 0) is 26.3 Å². The van der Waals surface area contributed by atoms with Crippen LogP contribution in [0.4, 0.5) is 5.69 Å². The van der Waals surface area contributed by atoms with Crippen LogP contribution >= 0.6 is 0 Å². The molecule has 0 amide bonds. The number of carbonyl (C=O) groups is 2. The molecule has 0 N–H and O–H groups in total. The highest BCUT2D eigenvalue weighted by Crippen LogP contribution is 2.38. The molecule has 0 fully saturated rings. The number of ether oxygens (including phenoxy) is 2. The minimum absolute atomic E-state index is 0.0853. The lowest BCUT2D eigenvalue weighted by Crippen LogP contribution is -2.28. The number of hydrogen-bond acceptors (Lipinski definition) is 7. The third-order valence-corrected chi connectivity index (χ3v) is 4.09. The molecule has 1 aromatic carbocycles. The van der Waals surface area contributed by atoms with Crippen LogP contribution in [0.25, 0.3) is 0 Å². The topological polar surface area (TPSA) is 99.0 Å². The number of benzene rings is 1. The Bertz CT molecular complexity index is 791. The van der Waals surface area contributed by atoms with E-state index in [0.717, 1.165) is 0 Å². The van der Waals surface area contributed by atoms with Gasteiger partial charge in [0.2, 0.25) is 0 Å². The number of carbonyl (C=O) groups excluding carboxylic acids is 2. The Kier molecular flexibility index (Phi) is 6.33. The molecular formula is C19H22N2O6. The lowest BCUT2D eigenvalue weighted by atomic mass is 9.83. The zero-order valence-corrected chi connectivity index (χ0v) is 15.7. The lowest BCUT2D eigenvalue weighted by molar-refractivity contribution is -0.385. The maximum Gasteiger partial charge on any atom is 0.336 e. The second kappa shape index (κ2) is 8.48. The van der Waals surface area contributed by atoms with Gasteiger partial charge in [-0.1, -0.05) is 12.1 Å². The Hall–Kier alpha value is -3.16. The number of hydrogen-bond donors (Lipinski definition) is 0. The molecule has 27 heavy (non-hydrogen) atoms. The number of nitro benzene ring substituents is 1. The van der Waals surface area contributed by atoms with Gasteiger partial charge in [-0.3, -0.25) is 10.1 Å². The first-order valence-corrected chi connectivity index (χ1v) is 8.54. The summed E-state index contributed by atoms with van der Waals surface area (Å²) < 4.78 is 10.2. The van der Waals surface area contributed by atoms with Gasteiger partial charge in [-0.15, -0.1) is 0 Å². The zero-order valence-electron chi connectivity index (χ0n) is 15.7. The molecule has 0 aromatic heterocycles. The van der Waals surface area contributed by atoms with E-state index in [1.54, 1.807) is 57.3 Å². The van der Waals surface area contributed by atoms with Gasteiger partial charge >= 0.3 is 11.9 Å². The highest BCUT2D eigenvalue weighted by Gasteiger charge is 2.35. The third-order valence-electron chi connectivity index (χ3n) is 4.09. The van der Waals surface area contributed by atoms with Crippen molar-refractivity contribution in [2.45, 2.75) is 26.7 Å². The predicted octanol–water partition coefficient (Wildman–Crippen LogP) is 2.83. The Labute approximate surface area is 157 Å². The Balaban J connectivity index is 2.62. The monoisotopic (exact) mass is 374 g/mol. The molecule has 144 valence electrons. The summed E-state index contributed by atoms with van der Waals surface area (Å²) in [6.07, 6.45) is 3.11. The van der Waals surface area contributed by atoms with E-state index in [-0.39, 0.29) is 30.0 Å². The number of esters is 2. The summed E-state index contributed by atoms with van der Waals surface area (Å²) in [6.45, 7) is 5.32. The van der Waals surface area contributed by atoms with Crippen LogP contribution in [0.2, 0.25) is 0 Å². The highest BCUT2D eigenvalue weighted by atomic mass is 16.6. The quantitative estimate of drug-likeness (QED) is 0.429. The average Bonchev–Trinajstić information content (AvgIpc) is 2.61. The van der Waals surface area contributed by atoms with Gasteiger partial charge in [0.25, 0.3) is 5.69 Å². The molecule has 1 heterocycles. The van der Waals surface area contributed by atoms with Crippen LogP contribution in [-0.2, 0) is 19.1 Å². The van der Waals surface area contributed by atoms with Gasteiger partial charge in [0.15, 0.2) is 0 Å². The Morgan fingerprint density at radius 2 is 1.63 bits per heavy atom. The number of aryl methyl sites for hydroxylation is 1. The van der Waals surface area contributed by atoms with Gasteiger partial charge in [0, 0.05) is 31.1 Å². The summed E-state index contributed by atoms with van der Waals surface area (Å²) in [5, 5.41) is 11.3. The van der Waals surface area contributed by atoms with Crippen molar-refractivity contribution in [3.8, 4) is 0 Å². The number of nitro groups is 1. The van der Waals surface area contributed by atoms with Gasteiger partial charge in [0.05, 0.1) is 35.2 Å². The summed E-state index contributed by atoms with van der Waals surface area (Å²) in [6, 6.07) is 4.64. The second-order valence-corrected chi connectivity index (χ2v) is 6.01. The third kappa shape index (κ3) is 4.33. The molecule has 1 aliphatic rings. The smallest absolute Gasteiger partial charge is 0.336 e. The van der Waals surface area contributed by atoms with Crippen LogP contribution in [0.15, 0.2) is 41.7 Å². The average molecular weight is 374 g/mol. The molecule has 0 aliphatic carbocycles. The van der Waals surface area contributed by atoms with Crippen LogP contribution in [0, 0.1) is 17.0 Å². The molecule has 1 aromatic rings. The SMILES string of the molecule is CCOC(=O)C1=CN(C)C=C(C(=O)OCC)C1c1ccc(C)c([N+](=O)[O-])c1. The fraction of sp³-hybridized carbons (Fsp3) is 0.368. The van der Waals surface area contributed by atoms with Gasteiger partial charge in [0.1, 0.15) is 0 Å². The fourth-order valence-corrected chi connectivity index (χ4v) is 2.92. The van der Waals surface area contributed by atoms with E-state index in [2.05, 4.69) is 0 Å². The standard InChI is InChI=1S/C19H22N2O6/c1-5-26-18(22)14-10-20(4)11-15(19(23)27-6-2)17(14)13-8-7-12(3)16(9-13)21(24)25/h7-11,17H,5-6H2,1-4H3. The van der Waals surface area contributed by atoms with Crippen LogP contribution in [0.1, 0.15) is 30.9 Å². The van der Waals surface area contributed by atoms with Crippen LogP contribution in [-0.4, -0.2) is 42.0 Å². The fourth-order valence-electron chi connectivity index (χ4n) is 2.92. The largest absolute Gasteiger partial charge is 0.463 e. The van der Waals surface area contributed by atoms with Crippen molar-refractivity contribution in [2.75, 3.05) is 20.3 Å². The van der Waals surface area contributed by atoms with Crippen molar-refractivity contribution in [3.05, 3.63) is 63.0 Å². The molecule has 0 saturated heterocycles. The minimum Gasteiger partial charge on any atom is -0.463 e. The maximum atomic E-state index is 12.5. The van der Waals surface area contributed by atoms with Crippen molar-refractivity contribution in [2.24, 2.45) is 0 Å². The lowest BCUT2D eigenvalue weighted by Gasteiger charge is -2.28. The number of nitrogens with zero attached hydrogens (tertiary/aromatic N) is 2. The zero-order chi connectivity index (χ0) is 20.1. The first-order chi connectivity index (χ1) is 12.8. The normalized spacial score (nSPS) is 14.3.